The van der Waals surface area contributed by atoms with Gasteiger partial charge in [0.1, 0.15) is 11.2 Å². The van der Waals surface area contributed by atoms with E-state index in [0.717, 1.165) is 110 Å². The summed E-state index contributed by atoms with van der Waals surface area (Å²) in [5.41, 5.74) is 12.6. The van der Waals surface area contributed by atoms with Crippen molar-refractivity contribution in [3.8, 4) is 6.07 Å². The molecule has 0 atom stereocenters. The Kier molecular flexibility index (Phi) is 9.61. The number of rotatable bonds is 8. The van der Waals surface area contributed by atoms with Gasteiger partial charge in [-0.25, -0.2) is 4.85 Å². The van der Waals surface area contributed by atoms with E-state index in [1.54, 1.807) is 0 Å². The molecule has 6 heteroatoms. The quantitative estimate of drug-likeness (QED) is 0.112. The molecule has 14 rings (SSSR count). The summed E-state index contributed by atoms with van der Waals surface area (Å²) in [5.74, 6) is 0.304. The first-order chi connectivity index (χ1) is 36.3. The van der Waals surface area contributed by atoms with Crippen LogP contribution in [0.4, 0.5) is 39.8 Å². The number of benzene rings is 12. The SMILES string of the molecule is [C-]#[N+]c1cccc2c(N(c3cc(C(C)C)c4ccc5c(N(c6ccc(C#N)c7ccccc67)c6cccc7c6oc6ccccc67)cc(C(C)C)c6ccc3c4c65)c3cccc4c3oc3ccccc34)cccc12. The number of hydrogen-bond acceptors (Lipinski definition) is 5. The maximum Gasteiger partial charge on any atom is 0.194 e. The highest BCUT2D eigenvalue weighted by molar-refractivity contribution is 6.30. The molecule has 0 amide bonds. The molecule has 74 heavy (non-hydrogen) atoms. The van der Waals surface area contributed by atoms with Crippen molar-refractivity contribution < 1.29 is 8.83 Å². The van der Waals surface area contributed by atoms with Crippen LogP contribution in [0.25, 0.3) is 103 Å². The Hall–Kier alpha value is -9.62. The van der Waals surface area contributed by atoms with Crippen LogP contribution in [0.5, 0.6) is 0 Å². The van der Waals surface area contributed by atoms with Gasteiger partial charge in [-0.1, -0.05) is 167 Å². The van der Waals surface area contributed by atoms with Gasteiger partial charge in [-0.3, -0.25) is 0 Å². The Morgan fingerprint density at radius 3 is 1.34 bits per heavy atom. The minimum Gasteiger partial charge on any atom is -0.454 e. The van der Waals surface area contributed by atoms with E-state index in [9.17, 15) is 5.26 Å². The minimum atomic E-state index is 0.151. The van der Waals surface area contributed by atoms with Gasteiger partial charge in [-0.2, -0.15) is 5.26 Å². The number of nitriles is 1. The van der Waals surface area contributed by atoms with E-state index >= 15 is 0 Å². The molecule has 14 aromatic rings. The lowest BCUT2D eigenvalue weighted by Crippen LogP contribution is -2.14. The van der Waals surface area contributed by atoms with Crippen molar-refractivity contribution in [3.63, 3.8) is 0 Å². The van der Waals surface area contributed by atoms with Gasteiger partial charge in [0.15, 0.2) is 16.9 Å². The lowest BCUT2D eigenvalue weighted by molar-refractivity contribution is 0.669. The van der Waals surface area contributed by atoms with E-state index in [1.165, 1.54) is 32.7 Å². The molecule has 0 radical (unpaired) electrons. The van der Waals surface area contributed by atoms with Crippen LogP contribution >= 0.6 is 0 Å². The van der Waals surface area contributed by atoms with Gasteiger partial charge in [-0.15, -0.1) is 0 Å². The van der Waals surface area contributed by atoms with Gasteiger partial charge < -0.3 is 18.6 Å². The first-order valence-electron chi connectivity index (χ1n) is 25.3. The number of furan rings is 2. The molecule has 0 bridgehead atoms. The number of nitrogens with zero attached hydrogens (tertiary/aromatic N) is 4. The molecule has 6 nitrogen and oxygen atoms in total. The molecule has 0 spiro atoms. The molecule has 2 aromatic heterocycles. The molecular formula is C68H46N4O2. The van der Waals surface area contributed by atoms with Gasteiger partial charge in [-0.05, 0) is 110 Å². The Bertz CT molecular complexity index is 4480. The summed E-state index contributed by atoms with van der Waals surface area (Å²) in [6, 6.07) is 70.6. The van der Waals surface area contributed by atoms with E-state index in [1.807, 2.05) is 54.6 Å². The first kappa shape index (κ1) is 43.2. The van der Waals surface area contributed by atoms with Gasteiger partial charge >= 0.3 is 0 Å². The summed E-state index contributed by atoms with van der Waals surface area (Å²) < 4.78 is 13.8. The Morgan fingerprint density at radius 2 is 0.811 bits per heavy atom. The average Bonchev–Trinajstić information content (AvgIpc) is 4.05. The van der Waals surface area contributed by atoms with E-state index in [2.05, 4.69) is 188 Å². The van der Waals surface area contributed by atoms with E-state index in [4.69, 9.17) is 15.4 Å². The molecular weight excluding hydrogens is 905 g/mol. The highest BCUT2D eigenvalue weighted by Gasteiger charge is 2.30. The van der Waals surface area contributed by atoms with Crippen LogP contribution in [0, 0.1) is 17.9 Å². The van der Waals surface area contributed by atoms with Crippen LogP contribution in [0.1, 0.15) is 56.2 Å². The average molecular weight is 951 g/mol. The second-order valence-corrected chi connectivity index (χ2v) is 20.1. The monoisotopic (exact) mass is 950 g/mol. The van der Waals surface area contributed by atoms with Crippen LogP contribution in [0.15, 0.2) is 203 Å². The number of anilines is 6. The number of fused-ring (bicyclic) bond motifs is 8. The largest absolute Gasteiger partial charge is 0.454 e. The summed E-state index contributed by atoms with van der Waals surface area (Å²) in [4.78, 5) is 8.77. The predicted octanol–water partition coefficient (Wildman–Crippen LogP) is 20.3. The number of para-hydroxylation sites is 4. The van der Waals surface area contributed by atoms with Crippen molar-refractivity contribution in [2.45, 2.75) is 39.5 Å². The summed E-state index contributed by atoms with van der Waals surface area (Å²) in [5, 5.41) is 25.3. The molecule has 350 valence electrons. The van der Waals surface area contributed by atoms with Crippen LogP contribution in [0.2, 0.25) is 0 Å². The Morgan fingerprint density at radius 1 is 0.392 bits per heavy atom. The van der Waals surface area contributed by atoms with E-state index < -0.39 is 0 Å². The smallest absolute Gasteiger partial charge is 0.194 e. The van der Waals surface area contributed by atoms with Crippen LogP contribution in [0.3, 0.4) is 0 Å². The second-order valence-electron chi connectivity index (χ2n) is 20.1. The van der Waals surface area contributed by atoms with Crippen LogP contribution in [-0.4, -0.2) is 0 Å². The molecule has 0 N–H and O–H groups in total. The number of hydrogen-bond donors (Lipinski definition) is 0. The molecule has 0 fully saturated rings. The highest BCUT2D eigenvalue weighted by Crippen LogP contribution is 2.54. The van der Waals surface area contributed by atoms with Crippen molar-refractivity contribution >= 4 is 138 Å². The van der Waals surface area contributed by atoms with E-state index in [0.29, 0.717) is 11.3 Å². The lowest BCUT2D eigenvalue weighted by Gasteiger charge is -2.32. The lowest BCUT2D eigenvalue weighted by atomic mass is 9.84. The van der Waals surface area contributed by atoms with Crippen molar-refractivity contribution in [2.24, 2.45) is 0 Å². The van der Waals surface area contributed by atoms with Gasteiger partial charge in [0.25, 0.3) is 0 Å². The van der Waals surface area contributed by atoms with Gasteiger partial charge in [0.05, 0.1) is 52.3 Å². The highest BCUT2D eigenvalue weighted by atomic mass is 16.3. The molecule has 0 aliphatic carbocycles. The summed E-state index contributed by atoms with van der Waals surface area (Å²) in [7, 11) is 0. The van der Waals surface area contributed by atoms with Crippen molar-refractivity contribution in [2.75, 3.05) is 9.80 Å². The zero-order valence-corrected chi connectivity index (χ0v) is 41.2. The molecule has 0 aliphatic rings. The van der Waals surface area contributed by atoms with Crippen molar-refractivity contribution in [1.82, 2.24) is 0 Å². The normalized spacial score (nSPS) is 12.0. The molecule has 12 aromatic carbocycles. The molecule has 0 unspecified atom stereocenters. The maximum absolute atomic E-state index is 10.4. The standard InChI is InChI=1S/C68H46N4O2/c1-39(2)54-36-61(71(57-25-13-20-43-45(57)21-12-24-56(43)70-5)59-26-14-22-50-46-18-8-10-28-63(46)73-67(50)59)52-33-31-49-55(40(3)4)37-62(53-34-32-48(54)65(52)66(49)53)72(58-35-30-41(38-69)42-16-6-7-17-44(42)58)60-27-15-23-51-47-19-9-11-29-64(47)74-68(51)60/h6-37,39-40H,1-4H3. The van der Waals surface area contributed by atoms with Crippen LogP contribution in [-0.2, 0) is 0 Å². The fourth-order valence-electron chi connectivity index (χ4n) is 12.1. The Labute approximate surface area is 427 Å². The van der Waals surface area contributed by atoms with Gasteiger partial charge in [0.2, 0.25) is 0 Å². The predicted molar refractivity (Wildman–Crippen MR) is 308 cm³/mol. The summed E-state index contributed by atoms with van der Waals surface area (Å²) in [6.45, 7) is 17.4. The van der Waals surface area contributed by atoms with Crippen molar-refractivity contribution in [3.05, 3.63) is 222 Å². The van der Waals surface area contributed by atoms with Crippen molar-refractivity contribution in [1.29, 1.82) is 5.26 Å². The van der Waals surface area contributed by atoms with E-state index in [-0.39, 0.29) is 11.8 Å². The summed E-state index contributed by atoms with van der Waals surface area (Å²) in [6.07, 6.45) is 0. The van der Waals surface area contributed by atoms with Crippen LogP contribution < -0.4 is 9.80 Å². The second kappa shape index (κ2) is 16.5. The molecule has 2 heterocycles. The summed E-state index contributed by atoms with van der Waals surface area (Å²) >= 11 is 0. The molecule has 0 saturated heterocycles. The topological polar surface area (TPSA) is 60.9 Å². The van der Waals surface area contributed by atoms with Gasteiger partial charge in [0, 0.05) is 43.1 Å². The zero-order chi connectivity index (χ0) is 49.9. The first-order valence-corrected chi connectivity index (χ1v) is 25.3. The fourth-order valence-corrected chi connectivity index (χ4v) is 12.1. The minimum absolute atomic E-state index is 0.151. The molecule has 0 aliphatic heterocycles. The third-order valence-electron chi connectivity index (χ3n) is 15.4. The Balaban J connectivity index is 1.14. The maximum atomic E-state index is 10.4. The third kappa shape index (κ3) is 6.22. The fraction of sp³-hybridized carbons (Fsp3) is 0.0882. The molecule has 0 saturated carbocycles. The zero-order valence-electron chi connectivity index (χ0n) is 41.2. The third-order valence-corrected chi connectivity index (χ3v) is 15.4.